The molecule has 2 heterocycles. The van der Waals surface area contributed by atoms with E-state index in [0.717, 1.165) is 58.1 Å². The SMILES string of the molecule is C/C=C/c1ccc(OCCCn2c(C3CC(=O)N(c4cccc(C)c4)C3)nc3ccccc32)c(OC)c1. The lowest BCUT2D eigenvalue weighted by Gasteiger charge is -2.18. The van der Waals surface area contributed by atoms with Gasteiger partial charge >= 0.3 is 0 Å². The van der Waals surface area contributed by atoms with Crippen LogP contribution in [0.1, 0.15) is 42.6 Å². The molecule has 1 aromatic heterocycles. The number of carbonyl (C=O) groups is 1. The third-order valence-corrected chi connectivity index (χ3v) is 6.82. The number of methoxy groups -OCH3 is 1. The minimum atomic E-state index is 0.0422. The van der Waals surface area contributed by atoms with Gasteiger partial charge in [0.25, 0.3) is 0 Å². The van der Waals surface area contributed by atoms with Crippen LogP contribution in [-0.2, 0) is 11.3 Å². The number of amides is 1. The van der Waals surface area contributed by atoms with E-state index in [-0.39, 0.29) is 11.8 Å². The summed E-state index contributed by atoms with van der Waals surface area (Å²) in [4.78, 5) is 19.9. The van der Waals surface area contributed by atoms with Crippen molar-refractivity contribution >= 4 is 28.7 Å². The molecule has 1 unspecified atom stereocenters. The molecular weight excluding hydrogens is 462 g/mol. The summed E-state index contributed by atoms with van der Waals surface area (Å²) in [6, 6.07) is 22.3. The molecule has 5 rings (SSSR count). The second kappa shape index (κ2) is 10.9. The molecule has 6 heteroatoms. The molecule has 6 nitrogen and oxygen atoms in total. The zero-order valence-corrected chi connectivity index (χ0v) is 21.7. The summed E-state index contributed by atoms with van der Waals surface area (Å²) in [7, 11) is 1.66. The second-order valence-electron chi connectivity index (χ2n) is 9.47. The Morgan fingerprint density at radius 3 is 2.73 bits per heavy atom. The van der Waals surface area contributed by atoms with Gasteiger partial charge in [-0.25, -0.2) is 4.98 Å². The molecule has 0 aliphatic carbocycles. The van der Waals surface area contributed by atoms with Crippen molar-refractivity contribution in [3.63, 3.8) is 0 Å². The number of hydrogen-bond donors (Lipinski definition) is 0. The Labute approximate surface area is 218 Å². The fourth-order valence-electron chi connectivity index (χ4n) is 5.07. The van der Waals surface area contributed by atoms with Gasteiger partial charge in [-0.3, -0.25) is 4.79 Å². The highest BCUT2D eigenvalue weighted by atomic mass is 16.5. The molecule has 0 radical (unpaired) electrons. The summed E-state index contributed by atoms with van der Waals surface area (Å²) >= 11 is 0. The highest BCUT2D eigenvalue weighted by Crippen LogP contribution is 2.34. The number of aryl methyl sites for hydroxylation is 2. The van der Waals surface area contributed by atoms with E-state index >= 15 is 0 Å². The number of anilines is 1. The summed E-state index contributed by atoms with van der Waals surface area (Å²) in [6.45, 7) is 5.98. The predicted octanol–water partition coefficient (Wildman–Crippen LogP) is 6.38. The number of nitrogens with zero attached hydrogens (tertiary/aromatic N) is 3. The van der Waals surface area contributed by atoms with E-state index in [1.807, 2.05) is 72.5 Å². The van der Waals surface area contributed by atoms with E-state index in [0.29, 0.717) is 19.6 Å². The van der Waals surface area contributed by atoms with Crippen LogP contribution >= 0.6 is 0 Å². The maximum absolute atomic E-state index is 13.0. The molecule has 37 heavy (non-hydrogen) atoms. The number of fused-ring (bicyclic) bond motifs is 1. The lowest BCUT2D eigenvalue weighted by molar-refractivity contribution is -0.117. The minimum Gasteiger partial charge on any atom is -0.493 e. The Morgan fingerprint density at radius 1 is 1.05 bits per heavy atom. The molecule has 0 saturated carbocycles. The molecule has 1 fully saturated rings. The first-order chi connectivity index (χ1) is 18.1. The smallest absolute Gasteiger partial charge is 0.227 e. The molecule has 0 bridgehead atoms. The largest absolute Gasteiger partial charge is 0.493 e. The minimum absolute atomic E-state index is 0.0422. The zero-order chi connectivity index (χ0) is 25.8. The van der Waals surface area contributed by atoms with Gasteiger partial charge in [0.1, 0.15) is 5.82 Å². The second-order valence-corrected chi connectivity index (χ2v) is 9.47. The Balaban J connectivity index is 1.32. The maximum atomic E-state index is 13.0. The van der Waals surface area contributed by atoms with Crippen molar-refractivity contribution in [2.75, 3.05) is 25.2 Å². The Kier molecular flexibility index (Phi) is 7.26. The van der Waals surface area contributed by atoms with E-state index < -0.39 is 0 Å². The number of aromatic nitrogens is 2. The van der Waals surface area contributed by atoms with Gasteiger partial charge in [-0.1, -0.05) is 42.5 Å². The molecule has 1 aliphatic rings. The number of imidazole rings is 1. The van der Waals surface area contributed by atoms with Crippen molar-refractivity contribution in [3.8, 4) is 11.5 Å². The van der Waals surface area contributed by atoms with Crippen LogP contribution in [0.4, 0.5) is 5.69 Å². The van der Waals surface area contributed by atoms with Crippen LogP contribution in [-0.4, -0.2) is 35.7 Å². The van der Waals surface area contributed by atoms with Crippen molar-refractivity contribution in [2.24, 2.45) is 0 Å². The number of benzene rings is 3. The van der Waals surface area contributed by atoms with Crippen LogP contribution in [0.3, 0.4) is 0 Å². The third-order valence-electron chi connectivity index (χ3n) is 6.82. The van der Waals surface area contributed by atoms with Gasteiger partial charge in [-0.2, -0.15) is 0 Å². The fraction of sp³-hybridized carbons (Fsp3) is 0.290. The van der Waals surface area contributed by atoms with Gasteiger partial charge in [0.05, 0.1) is 24.8 Å². The number of ether oxygens (including phenoxy) is 2. The Morgan fingerprint density at radius 2 is 1.92 bits per heavy atom. The van der Waals surface area contributed by atoms with E-state index in [1.54, 1.807) is 7.11 Å². The molecule has 1 amide bonds. The van der Waals surface area contributed by atoms with E-state index in [1.165, 1.54) is 0 Å². The lowest BCUT2D eigenvalue weighted by Crippen LogP contribution is -2.24. The van der Waals surface area contributed by atoms with E-state index in [9.17, 15) is 4.79 Å². The number of para-hydroxylation sites is 2. The number of allylic oxidation sites excluding steroid dienone is 1. The van der Waals surface area contributed by atoms with Crippen LogP contribution in [0.25, 0.3) is 17.1 Å². The molecule has 0 spiro atoms. The molecular formula is C31H33N3O3. The molecule has 1 saturated heterocycles. The summed E-state index contributed by atoms with van der Waals surface area (Å²) in [6.07, 6.45) is 5.30. The van der Waals surface area contributed by atoms with Gasteiger partial charge < -0.3 is 18.9 Å². The van der Waals surface area contributed by atoms with Gasteiger partial charge in [0.15, 0.2) is 11.5 Å². The molecule has 1 atom stereocenters. The van der Waals surface area contributed by atoms with Crippen LogP contribution in [0.15, 0.2) is 72.8 Å². The highest BCUT2D eigenvalue weighted by Gasteiger charge is 2.34. The van der Waals surface area contributed by atoms with Gasteiger partial charge in [-0.05, 0) is 67.8 Å². The highest BCUT2D eigenvalue weighted by molar-refractivity contribution is 5.96. The van der Waals surface area contributed by atoms with Gasteiger partial charge in [0.2, 0.25) is 5.91 Å². The summed E-state index contributed by atoms with van der Waals surface area (Å²) in [5.74, 6) is 2.62. The third kappa shape index (κ3) is 5.24. The summed E-state index contributed by atoms with van der Waals surface area (Å²) < 4.78 is 13.9. The van der Waals surface area contributed by atoms with Gasteiger partial charge in [-0.15, -0.1) is 0 Å². The van der Waals surface area contributed by atoms with Crippen LogP contribution in [0.5, 0.6) is 11.5 Å². The average molecular weight is 496 g/mol. The van der Waals surface area contributed by atoms with Crippen LogP contribution in [0, 0.1) is 6.92 Å². The first-order valence-corrected chi connectivity index (χ1v) is 12.8. The fourth-order valence-corrected chi connectivity index (χ4v) is 5.07. The first kappa shape index (κ1) is 24.6. The van der Waals surface area contributed by atoms with Crippen molar-refractivity contribution in [3.05, 3.63) is 89.8 Å². The number of hydrogen-bond acceptors (Lipinski definition) is 4. The maximum Gasteiger partial charge on any atom is 0.227 e. The Hall–Kier alpha value is -4.06. The lowest BCUT2D eigenvalue weighted by atomic mass is 10.1. The van der Waals surface area contributed by atoms with Crippen molar-refractivity contribution in [1.29, 1.82) is 0 Å². The van der Waals surface area contributed by atoms with Crippen molar-refractivity contribution in [1.82, 2.24) is 9.55 Å². The van der Waals surface area contributed by atoms with Gasteiger partial charge in [0, 0.05) is 31.1 Å². The number of rotatable bonds is 9. The topological polar surface area (TPSA) is 56.6 Å². The summed E-state index contributed by atoms with van der Waals surface area (Å²) in [5, 5.41) is 0. The molecule has 1 aliphatic heterocycles. The predicted molar refractivity (Wildman–Crippen MR) is 148 cm³/mol. The van der Waals surface area contributed by atoms with Crippen LogP contribution < -0.4 is 14.4 Å². The average Bonchev–Trinajstić information content (AvgIpc) is 3.47. The monoisotopic (exact) mass is 495 g/mol. The quantitative estimate of drug-likeness (QED) is 0.253. The Bertz CT molecular complexity index is 1440. The van der Waals surface area contributed by atoms with Crippen LogP contribution in [0.2, 0.25) is 0 Å². The van der Waals surface area contributed by atoms with Crippen molar-refractivity contribution in [2.45, 2.75) is 39.2 Å². The molecule has 3 aromatic carbocycles. The van der Waals surface area contributed by atoms with E-state index in [4.69, 9.17) is 14.5 Å². The molecule has 4 aromatic rings. The zero-order valence-electron chi connectivity index (χ0n) is 21.7. The molecule has 0 N–H and O–H groups in total. The normalized spacial score (nSPS) is 15.7. The van der Waals surface area contributed by atoms with Crippen molar-refractivity contribution < 1.29 is 14.3 Å². The number of carbonyl (C=O) groups excluding carboxylic acids is 1. The van der Waals surface area contributed by atoms with E-state index in [2.05, 4.69) is 29.7 Å². The summed E-state index contributed by atoms with van der Waals surface area (Å²) in [5.41, 5.74) is 5.23. The molecule has 190 valence electrons. The first-order valence-electron chi connectivity index (χ1n) is 12.8. The standard InChI is InChI=1S/C31H33N3O3/c1-4-9-23-14-15-28(29(19-23)36-3)37-17-8-16-33-27-13-6-5-12-26(27)32-31(33)24-20-30(35)34(21-24)25-11-7-10-22(2)18-25/h4-7,9-15,18-19,24H,8,16-17,20-21H2,1-3H3/b9-4+.